The van der Waals surface area contributed by atoms with Crippen LogP contribution in [0.15, 0.2) is 0 Å². The van der Waals surface area contributed by atoms with Gasteiger partial charge in [0, 0.05) is 30.8 Å². The highest BCUT2D eigenvalue weighted by Gasteiger charge is 2.24. The Morgan fingerprint density at radius 1 is 1.25 bits per heavy atom. The van der Waals surface area contributed by atoms with Crippen LogP contribution in [0, 0.1) is 0 Å². The van der Waals surface area contributed by atoms with Crippen molar-refractivity contribution in [3.63, 3.8) is 0 Å². The van der Waals surface area contributed by atoms with Gasteiger partial charge in [0.15, 0.2) is 0 Å². The van der Waals surface area contributed by atoms with E-state index in [1.165, 1.54) is 43.4 Å². The van der Waals surface area contributed by atoms with Crippen LogP contribution in [-0.4, -0.2) is 16.3 Å². The number of nitrogens with zero attached hydrogens (tertiary/aromatic N) is 2. The van der Waals surface area contributed by atoms with E-state index in [9.17, 15) is 0 Å². The van der Waals surface area contributed by atoms with E-state index in [0.29, 0.717) is 6.04 Å². The van der Waals surface area contributed by atoms with Crippen LogP contribution in [0.25, 0.3) is 0 Å². The van der Waals surface area contributed by atoms with Gasteiger partial charge >= 0.3 is 0 Å². The summed E-state index contributed by atoms with van der Waals surface area (Å²) in [6.07, 6.45) is 7.71. The van der Waals surface area contributed by atoms with Gasteiger partial charge < -0.3 is 11.1 Å². The number of nitrogen functional groups attached to an aromatic ring is 1. The minimum Gasteiger partial charge on any atom is -0.382 e. The van der Waals surface area contributed by atoms with Crippen LogP contribution in [0.1, 0.15) is 49.4 Å². The van der Waals surface area contributed by atoms with E-state index in [4.69, 9.17) is 5.73 Å². The number of hydrogen-bond donors (Lipinski definition) is 2. The van der Waals surface area contributed by atoms with E-state index in [0.717, 1.165) is 25.3 Å². The quantitative estimate of drug-likeness (QED) is 0.756. The average Bonchev–Trinajstić information content (AvgIpc) is 2.69. The second-order valence-corrected chi connectivity index (χ2v) is 4.97. The highest BCUT2D eigenvalue weighted by Crippen LogP contribution is 2.31. The molecule has 16 heavy (non-hydrogen) atoms. The Bertz CT molecular complexity index is 377. The molecule has 0 unspecified atom stereocenters. The van der Waals surface area contributed by atoms with Crippen LogP contribution in [0.5, 0.6) is 0 Å². The molecule has 88 valence electrons. The third kappa shape index (κ3) is 1.61. The minimum atomic E-state index is 0.609. The summed E-state index contributed by atoms with van der Waals surface area (Å²) in [6, 6.07) is 0.609. The number of aromatic nitrogens is 2. The molecule has 2 aliphatic rings. The molecular formula is C12H20N4. The topological polar surface area (TPSA) is 55.9 Å². The Balaban J connectivity index is 1.93. The summed E-state index contributed by atoms with van der Waals surface area (Å²) in [5.41, 5.74) is 8.64. The van der Waals surface area contributed by atoms with Crippen LogP contribution in [0.3, 0.4) is 0 Å². The van der Waals surface area contributed by atoms with E-state index in [1.807, 2.05) is 0 Å². The van der Waals surface area contributed by atoms with Crippen molar-refractivity contribution in [3.8, 4) is 0 Å². The molecule has 2 heterocycles. The molecular weight excluding hydrogens is 200 g/mol. The van der Waals surface area contributed by atoms with Crippen molar-refractivity contribution in [2.45, 2.75) is 51.1 Å². The maximum absolute atomic E-state index is 6.00. The summed E-state index contributed by atoms with van der Waals surface area (Å²) >= 11 is 0. The largest absolute Gasteiger partial charge is 0.382 e. The molecule has 4 nitrogen and oxygen atoms in total. The van der Waals surface area contributed by atoms with Crippen LogP contribution >= 0.6 is 0 Å². The molecule has 1 aliphatic heterocycles. The summed E-state index contributed by atoms with van der Waals surface area (Å²) < 4.78 is 2.24. The van der Waals surface area contributed by atoms with Crippen LogP contribution < -0.4 is 11.1 Å². The molecule has 0 amide bonds. The van der Waals surface area contributed by atoms with Gasteiger partial charge in [0.05, 0.1) is 6.04 Å². The zero-order chi connectivity index (χ0) is 11.0. The molecule has 0 spiro atoms. The van der Waals surface area contributed by atoms with E-state index in [1.54, 1.807) is 0 Å². The monoisotopic (exact) mass is 220 g/mol. The number of hydrogen-bond acceptors (Lipinski definition) is 3. The zero-order valence-electron chi connectivity index (χ0n) is 9.71. The molecule has 0 radical (unpaired) electrons. The van der Waals surface area contributed by atoms with Crippen LogP contribution in [0.2, 0.25) is 0 Å². The van der Waals surface area contributed by atoms with Gasteiger partial charge in [0.1, 0.15) is 5.82 Å². The van der Waals surface area contributed by atoms with E-state index < -0.39 is 0 Å². The molecule has 1 aromatic rings. The Labute approximate surface area is 96.2 Å². The molecule has 3 rings (SSSR count). The zero-order valence-corrected chi connectivity index (χ0v) is 9.71. The molecule has 0 saturated heterocycles. The van der Waals surface area contributed by atoms with E-state index in [2.05, 4.69) is 15.1 Å². The van der Waals surface area contributed by atoms with Crippen molar-refractivity contribution < 1.29 is 0 Å². The van der Waals surface area contributed by atoms with Crippen molar-refractivity contribution in [3.05, 3.63) is 11.3 Å². The lowest BCUT2D eigenvalue weighted by atomic mass is 9.95. The molecule has 1 aromatic heterocycles. The van der Waals surface area contributed by atoms with Gasteiger partial charge in [-0.15, -0.1) is 0 Å². The normalized spacial score (nSPS) is 22.0. The summed E-state index contributed by atoms with van der Waals surface area (Å²) in [4.78, 5) is 0. The van der Waals surface area contributed by atoms with Crippen molar-refractivity contribution in [2.24, 2.45) is 0 Å². The predicted molar refractivity (Wildman–Crippen MR) is 64.2 cm³/mol. The highest BCUT2D eigenvalue weighted by atomic mass is 15.3. The number of anilines is 1. The summed E-state index contributed by atoms with van der Waals surface area (Å²) in [5.74, 6) is 0.743. The molecule has 0 aromatic carbocycles. The molecule has 1 fully saturated rings. The Morgan fingerprint density at radius 3 is 2.88 bits per heavy atom. The lowest BCUT2D eigenvalue weighted by Crippen LogP contribution is -2.26. The van der Waals surface area contributed by atoms with Crippen molar-refractivity contribution in [2.75, 3.05) is 12.3 Å². The van der Waals surface area contributed by atoms with Gasteiger partial charge in [-0.3, -0.25) is 4.68 Å². The van der Waals surface area contributed by atoms with Crippen molar-refractivity contribution in [1.29, 1.82) is 0 Å². The maximum atomic E-state index is 6.00. The number of nitrogens with two attached hydrogens (primary N) is 1. The second-order valence-electron chi connectivity index (χ2n) is 4.97. The predicted octanol–water partition coefficient (Wildman–Crippen LogP) is 1.62. The SMILES string of the molecule is Nc1nn(C2CCCCC2)c2c1CNCC2. The van der Waals surface area contributed by atoms with E-state index in [-0.39, 0.29) is 0 Å². The van der Waals surface area contributed by atoms with Crippen molar-refractivity contribution in [1.82, 2.24) is 15.1 Å². The number of rotatable bonds is 1. The minimum absolute atomic E-state index is 0.609. The summed E-state index contributed by atoms with van der Waals surface area (Å²) in [7, 11) is 0. The first-order valence-electron chi connectivity index (χ1n) is 6.42. The molecule has 1 saturated carbocycles. The smallest absolute Gasteiger partial charge is 0.150 e. The van der Waals surface area contributed by atoms with Gasteiger partial charge in [-0.05, 0) is 12.8 Å². The van der Waals surface area contributed by atoms with E-state index >= 15 is 0 Å². The summed E-state index contributed by atoms with van der Waals surface area (Å²) in [6.45, 7) is 1.96. The summed E-state index contributed by atoms with van der Waals surface area (Å²) in [5, 5.41) is 7.94. The van der Waals surface area contributed by atoms with Crippen LogP contribution in [0.4, 0.5) is 5.82 Å². The lowest BCUT2D eigenvalue weighted by Gasteiger charge is -2.25. The Hall–Kier alpha value is -1.03. The molecule has 0 bridgehead atoms. The third-order valence-electron chi connectivity index (χ3n) is 3.91. The first-order valence-corrected chi connectivity index (χ1v) is 6.42. The Kier molecular flexibility index (Phi) is 2.59. The molecule has 1 aliphatic carbocycles. The van der Waals surface area contributed by atoms with Crippen molar-refractivity contribution >= 4 is 5.82 Å². The molecule has 3 N–H and O–H groups in total. The lowest BCUT2D eigenvalue weighted by molar-refractivity contribution is 0.320. The molecule has 0 atom stereocenters. The molecule has 4 heteroatoms. The fourth-order valence-electron chi connectivity index (χ4n) is 3.03. The Morgan fingerprint density at radius 2 is 2.06 bits per heavy atom. The first-order chi connectivity index (χ1) is 7.86. The fraction of sp³-hybridized carbons (Fsp3) is 0.750. The van der Waals surface area contributed by atoms with Crippen LogP contribution in [-0.2, 0) is 13.0 Å². The third-order valence-corrected chi connectivity index (χ3v) is 3.91. The fourth-order valence-corrected chi connectivity index (χ4v) is 3.03. The van der Waals surface area contributed by atoms with Gasteiger partial charge in [0.2, 0.25) is 0 Å². The standard InChI is InChI=1S/C12H20N4/c13-12-10-8-14-7-6-11(10)16(15-12)9-4-2-1-3-5-9/h9,14H,1-8H2,(H2,13,15). The maximum Gasteiger partial charge on any atom is 0.150 e. The first kappa shape index (κ1) is 10.1. The number of fused-ring (bicyclic) bond motifs is 1. The van der Waals surface area contributed by atoms with Gasteiger partial charge in [-0.2, -0.15) is 5.10 Å². The van der Waals surface area contributed by atoms with Gasteiger partial charge in [0.25, 0.3) is 0 Å². The van der Waals surface area contributed by atoms with Gasteiger partial charge in [-0.1, -0.05) is 19.3 Å². The number of nitrogens with one attached hydrogen (secondary N) is 1. The average molecular weight is 220 g/mol. The second kappa shape index (κ2) is 4.09. The highest BCUT2D eigenvalue weighted by molar-refractivity contribution is 5.44. The van der Waals surface area contributed by atoms with Gasteiger partial charge in [-0.25, -0.2) is 0 Å².